The molecule has 130 valence electrons. The Labute approximate surface area is 144 Å². The lowest BCUT2D eigenvalue weighted by atomic mass is 9.84. The Morgan fingerprint density at radius 3 is 2.61 bits per heavy atom. The average molecular weight is 343 g/mol. The van der Waals surface area contributed by atoms with E-state index in [-0.39, 0.29) is 23.7 Å². The number of benzene rings is 1. The number of fused-ring (bicyclic) bond motifs is 1. The van der Waals surface area contributed by atoms with Crippen molar-refractivity contribution in [3.63, 3.8) is 0 Å². The van der Waals surface area contributed by atoms with E-state index in [0.717, 1.165) is 23.5 Å². The van der Waals surface area contributed by atoms with Gasteiger partial charge < -0.3 is 20.5 Å². The first-order chi connectivity index (χ1) is 10.4. The Bertz CT molecular complexity index is 535. The summed E-state index contributed by atoms with van der Waals surface area (Å²) < 4.78 is 11.2. The standard InChI is InChI=1S/C17H26N2O3.ClH/c1-4-5-13(18)16(20)19-11-17(2,3)12-6-7-14-15(10-12)22-9-8-21-14;/h6-7,10,13H,4-5,8-9,11,18H2,1-3H3,(H,19,20);1H. The van der Waals surface area contributed by atoms with Crippen LogP contribution >= 0.6 is 12.4 Å². The number of hydrogen-bond donors (Lipinski definition) is 2. The average Bonchev–Trinajstić information content (AvgIpc) is 2.52. The SMILES string of the molecule is CCCC(N)C(=O)NCC(C)(C)c1ccc2c(c1)OCCO2.Cl. The molecule has 1 aliphatic heterocycles. The molecule has 0 bridgehead atoms. The fourth-order valence-corrected chi connectivity index (χ4v) is 2.45. The van der Waals surface area contributed by atoms with Gasteiger partial charge in [-0.2, -0.15) is 0 Å². The molecule has 1 aromatic rings. The lowest BCUT2D eigenvalue weighted by molar-refractivity contribution is -0.122. The maximum Gasteiger partial charge on any atom is 0.236 e. The van der Waals surface area contributed by atoms with Crippen LogP contribution in [0.25, 0.3) is 0 Å². The zero-order valence-electron chi connectivity index (χ0n) is 14.1. The molecule has 0 fully saturated rings. The molecule has 6 heteroatoms. The molecule has 0 radical (unpaired) electrons. The second-order valence-corrected chi connectivity index (χ2v) is 6.36. The van der Waals surface area contributed by atoms with Crippen LogP contribution in [0.2, 0.25) is 0 Å². The number of halogens is 1. The molecule has 1 atom stereocenters. The van der Waals surface area contributed by atoms with Crippen LogP contribution in [0.1, 0.15) is 39.2 Å². The van der Waals surface area contributed by atoms with Gasteiger partial charge in [0.25, 0.3) is 0 Å². The van der Waals surface area contributed by atoms with Crippen molar-refractivity contribution >= 4 is 18.3 Å². The number of nitrogens with one attached hydrogen (secondary N) is 1. The normalized spacial score (nSPS) is 14.6. The molecule has 1 aliphatic rings. The Kier molecular flexibility index (Phi) is 7.16. The smallest absolute Gasteiger partial charge is 0.236 e. The van der Waals surface area contributed by atoms with E-state index in [2.05, 4.69) is 19.2 Å². The minimum atomic E-state index is -0.430. The van der Waals surface area contributed by atoms with Gasteiger partial charge in [-0.15, -0.1) is 12.4 Å². The van der Waals surface area contributed by atoms with Crippen molar-refractivity contribution < 1.29 is 14.3 Å². The van der Waals surface area contributed by atoms with Gasteiger partial charge in [-0.1, -0.05) is 33.3 Å². The fourth-order valence-electron chi connectivity index (χ4n) is 2.45. The van der Waals surface area contributed by atoms with Crippen LogP contribution in [0.3, 0.4) is 0 Å². The summed E-state index contributed by atoms with van der Waals surface area (Å²) in [4.78, 5) is 12.0. The zero-order chi connectivity index (χ0) is 16.2. The van der Waals surface area contributed by atoms with Crippen LogP contribution in [0.15, 0.2) is 18.2 Å². The highest BCUT2D eigenvalue weighted by atomic mass is 35.5. The highest BCUT2D eigenvalue weighted by molar-refractivity contribution is 5.85. The Hall–Kier alpha value is -1.46. The Morgan fingerprint density at radius 2 is 1.96 bits per heavy atom. The van der Waals surface area contributed by atoms with Crippen LogP contribution < -0.4 is 20.5 Å². The number of ether oxygens (including phenoxy) is 2. The summed E-state index contributed by atoms with van der Waals surface area (Å²) in [5.74, 6) is 1.46. The van der Waals surface area contributed by atoms with Crippen molar-refractivity contribution in [1.82, 2.24) is 5.32 Å². The summed E-state index contributed by atoms with van der Waals surface area (Å²) in [6.07, 6.45) is 1.61. The predicted molar refractivity (Wildman–Crippen MR) is 93.6 cm³/mol. The Balaban J connectivity index is 0.00000264. The first kappa shape index (κ1) is 19.6. The third-order valence-corrected chi connectivity index (χ3v) is 3.96. The molecular formula is C17H27ClN2O3. The molecule has 0 saturated carbocycles. The fraction of sp³-hybridized carbons (Fsp3) is 0.588. The van der Waals surface area contributed by atoms with Crippen LogP contribution in [-0.2, 0) is 10.2 Å². The van der Waals surface area contributed by atoms with Crippen molar-refractivity contribution in [2.24, 2.45) is 5.73 Å². The van der Waals surface area contributed by atoms with Crippen LogP contribution in [0, 0.1) is 0 Å². The molecular weight excluding hydrogens is 316 g/mol. The molecule has 5 nitrogen and oxygen atoms in total. The van der Waals surface area contributed by atoms with Crippen LogP contribution in [0.4, 0.5) is 0 Å². The summed E-state index contributed by atoms with van der Waals surface area (Å²) >= 11 is 0. The van der Waals surface area contributed by atoms with Crippen molar-refractivity contribution in [3.8, 4) is 11.5 Å². The number of hydrogen-bond acceptors (Lipinski definition) is 4. The molecule has 0 aromatic heterocycles. The van der Waals surface area contributed by atoms with Crippen molar-refractivity contribution in [2.75, 3.05) is 19.8 Å². The molecule has 1 aromatic carbocycles. The van der Waals surface area contributed by atoms with E-state index < -0.39 is 6.04 Å². The lowest BCUT2D eigenvalue weighted by Gasteiger charge is -2.28. The molecule has 3 N–H and O–H groups in total. The first-order valence-electron chi connectivity index (χ1n) is 7.87. The zero-order valence-corrected chi connectivity index (χ0v) is 14.9. The van der Waals surface area contributed by atoms with E-state index in [1.165, 1.54) is 0 Å². The Morgan fingerprint density at radius 1 is 1.30 bits per heavy atom. The van der Waals surface area contributed by atoms with Gasteiger partial charge in [-0.05, 0) is 24.1 Å². The number of nitrogens with two attached hydrogens (primary N) is 1. The van der Waals surface area contributed by atoms with E-state index in [4.69, 9.17) is 15.2 Å². The largest absolute Gasteiger partial charge is 0.486 e. The minimum absolute atomic E-state index is 0. The third-order valence-electron chi connectivity index (χ3n) is 3.96. The summed E-state index contributed by atoms with van der Waals surface area (Å²) in [5.41, 5.74) is 6.73. The highest BCUT2D eigenvalue weighted by Crippen LogP contribution is 2.34. The maximum absolute atomic E-state index is 12.0. The van der Waals surface area contributed by atoms with Crippen molar-refractivity contribution in [2.45, 2.75) is 45.1 Å². The molecule has 1 heterocycles. The third kappa shape index (κ3) is 5.01. The molecule has 23 heavy (non-hydrogen) atoms. The minimum Gasteiger partial charge on any atom is -0.486 e. The summed E-state index contributed by atoms with van der Waals surface area (Å²) in [7, 11) is 0. The summed E-state index contributed by atoms with van der Waals surface area (Å²) in [6.45, 7) is 7.88. The van der Waals surface area contributed by atoms with E-state index in [0.29, 0.717) is 26.2 Å². The van der Waals surface area contributed by atoms with Gasteiger partial charge in [-0.25, -0.2) is 0 Å². The van der Waals surface area contributed by atoms with Crippen LogP contribution in [-0.4, -0.2) is 31.7 Å². The molecule has 1 amide bonds. The van der Waals surface area contributed by atoms with E-state index in [1.54, 1.807) is 0 Å². The van der Waals surface area contributed by atoms with Gasteiger partial charge in [0.15, 0.2) is 11.5 Å². The topological polar surface area (TPSA) is 73.6 Å². The van der Waals surface area contributed by atoms with E-state index in [9.17, 15) is 4.79 Å². The first-order valence-corrected chi connectivity index (χ1v) is 7.87. The van der Waals surface area contributed by atoms with Gasteiger partial charge in [0, 0.05) is 12.0 Å². The van der Waals surface area contributed by atoms with E-state index in [1.807, 2.05) is 25.1 Å². The van der Waals surface area contributed by atoms with Gasteiger partial charge in [0.1, 0.15) is 13.2 Å². The second kappa shape index (κ2) is 8.41. The van der Waals surface area contributed by atoms with Crippen molar-refractivity contribution in [1.29, 1.82) is 0 Å². The molecule has 0 aliphatic carbocycles. The number of carbonyl (C=O) groups excluding carboxylic acids is 1. The van der Waals surface area contributed by atoms with E-state index >= 15 is 0 Å². The summed E-state index contributed by atoms with van der Waals surface area (Å²) in [5, 5.41) is 2.95. The molecule has 1 unspecified atom stereocenters. The number of carbonyl (C=O) groups is 1. The maximum atomic E-state index is 12.0. The second-order valence-electron chi connectivity index (χ2n) is 6.36. The number of rotatable bonds is 6. The lowest BCUT2D eigenvalue weighted by Crippen LogP contribution is -2.45. The van der Waals surface area contributed by atoms with Crippen LogP contribution in [0.5, 0.6) is 11.5 Å². The number of amides is 1. The highest BCUT2D eigenvalue weighted by Gasteiger charge is 2.25. The molecule has 2 rings (SSSR count). The molecule has 0 spiro atoms. The predicted octanol–water partition coefficient (Wildman–Crippen LogP) is 2.40. The van der Waals surface area contributed by atoms with Crippen molar-refractivity contribution in [3.05, 3.63) is 23.8 Å². The quantitative estimate of drug-likeness (QED) is 0.832. The summed E-state index contributed by atoms with van der Waals surface area (Å²) in [6, 6.07) is 5.51. The monoisotopic (exact) mass is 342 g/mol. The van der Waals surface area contributed by atoms with Gasteiger partial charge in [0.2, 0.25) is 5.91 Å². The van der Waals surface area contributed by atoms with Gasteiger partial charge in [0.05, 0.1) is 6.04 Å². The van der Waals surface area contributed by atoms with Gasteiger partial charge >= 0.3 is 0 Å². The van der Waals surface area contributed by atoms with Gasteiger partial charge in [-0.3, -0.25) is 4.79 Å². The molecule has 0 saturated heterocycles.